The molecule has 11 heteroatoms. The summed E-state index contributed by atoms with van der Waals surface area (Å²) in [5, 5.41) is 13.2. The van der Waals surface area contributed by atoms with Gasteiger partial charge < -0.3 is 14.5 Å². The Morgan fingerprint density at radius 3 is 2.59 bits per heavy atom. The Balaban J connectivity index is 1.39. The van der Waals surface area contributed by atoms with Gasteiger partial charge in [0, 0.05) is 26.2 Å². The summed E-state index contributed by atoms with van der Waals surface area (Å²) < 4.78 is 6.97. The molecule has 32 heavy (non-hydrogen) atoms. The minimum absolute atomic E-state index is 0.309. The second kappa shape index (κ2) is 8.50. The van der Waals surface area contributed by atoms with Gasteiger partial charge in [-0.3, -0.25) is 0 Å². The number of anilines is 2. The Morgan fingerprint density at radius 1 is 1.09 bits per heavy atom. The van der Waals surface area contributed by atoms with Gasteiger partial charge >= 0.3 is 5.97 Å². The lowest BCUT2D eigenvalue weighted by Crippen LogP contribution is -2.47. The van der Waals surface area contributed by atoms with Gasteiger partial charge in [-0.25, -0.2) is 14.8 Å². The lowest BCUT2D eigenvalue weighted by Gasteiger charge is -2.35. The molecule has 10 nitrogen and oxygen atoms in total. The van der Waals surface area contributed by atoms with Crippen LogP contribution in [0.2, 0.25) is 0 Å². The number of benzene rings is 1. The molecular weight excluding hydrogens is 428 g/mol. The minimum Gasteiger partial charge on any atom is -0.462 e. The number of ether oxygens (including phenoxy) is 1. The molecule has 1 aliphatic heterocycles. The summed E-state index contributed by atoms with van der Waals surface area (Å²) in [7, 11) is 0. The predicted octanol–water partition coefficient (Wildman–Crippen LogP) is 2.48. The van der Waals surface area contributed by atoms with Gasteiger partial charge in [0.1, 0.15) is 21.9 Å². The number of fused-ring (bicyclic) bond motifs is 1. The monoisotopic (exact) mass is 450 g/mol. The first-order valence-corrected chi connectivity index (χ1v) is 11.2. The van der Waals surface area contributed by atoms with Crippen LogP contribution < -0.4 is 9.80 Å². The molecule has 0 bridgehead atoms. The molecule has 0 saturated carbocycles. The Labute approximate surface area is 188 Å². The smallest absolute Gasteiger partial charge is 0.348 e. The Kier molecular flexibility index (Phi) is 5.39. The highest BCUT2D eigenvalue weighted by atomic mass is 32.1. The number of tetrazole rings is 1. The van der Waals surface area contributed by atoms with Crippen LogP contribution in [-0.2, 0) is 4.74 Å². The Bertz CT molecular complexity index is 1250. The van der Waals surface area contributed by atoms with E-state index in [1.54, 1.807) is 17.9 Å². The highest BCUT2D eigenvalue weighted by Crippen LogP contribution is 2.35. The molecule has 4 aromatic rings. The summed E-state index contributed by atoms with van der Waals surface area (Å²) in [6.07, 6.45) is 1.56. The summed E-state index contributed by atoms with van der Waals surface area (Å²) in [5.74, 6) is 1.26. The molecule has 1 saturated heterocycles. The molecule has 0 unspecified atom stereocenters. The lowest BCUT2D eigenvalue weighted by atomic mass is 10.2. The fraction of sp³-hybridized carbons (Fsp3) is 0.333. The summed E-state index contributed by atoms with van der Waals surface area (Å²) in [5.41, 5.74) is 1.79. The molecule has 4 heterocycles. The second-order valence-corrected chi connectivity index (χ2v) is 8.35. The van der Waals surface area contributed by atoms with Crippen LogP contribution in [0.4, 0.5) is 11.8 Å². The van der Waals surface area contributed by atoms with Gasteiger partial charge in [-0.1, -0.05) is 23.3 Å². The van der Waals surface area contributed by atoms with Crippen LogP contribution in [0.1, 0.15) is 22.2 Å². The Morgan fingerprint density at radius 2 is 1.84 bits per heavy atom. The van der Waals surface area contributed by atoms with Crippen molar-refractivity contribution in [2.24, 2.45) is 0 Å². The zero-order chi connectivity index (χ0) is 22.1. The maximum absolute atomic E-state index is 12.3. The van der Waals surface area contributed by atoms with Crippen molar-refractivity contribution < 1.29 is 9.53 Å². The van der Waals surface area contributed by atoms with Crippen molar-refractivity contribution in [2.45, 2.75) is 13.8 Å². The molecule has 0 spiro atoms. The van der Waals surface area contributed by atoms with Gasteiger partial charge in [0.25, 0.3) is 0 Å². The minimum atomic E-state index is -0.309. The second-order valence-electron chi connectivity index (χ2n) is 7.35. The number of thiophene rings is 1. The van der Waals surface area contributed by atoms with Crippen LogP contribution in [0.15, 0.2) is 36.7 Å². The molecule has 1 aliphatic rings. The van der Waals surface area contributed by atoms with Crippen molar-refractivity contribution in [3.05, 3.63) is 47.1 Å². The first-order valence-electron chi connectivity index (χ1n) is 10.4. The van der Waals surface area contributed by atoms with Crippen LogP contribution in [0.5, 0.6) is 0 Å². The summed E-state index contributed by atoms with van der Waals surface area (Å²) in [4.78, 5) is 27.1. The normalized spacial score (nSPS) is 14.2. The van der Waals surface area contributed by atoms with Crippen LogP contribution in [-0.4, -0.2) is 68.9 Å². The van der Waals surface area contributed by atoms with E-state index in [0.29, 0.717) is 11.5 Å². The number of aryl methyl sites for hydroxylation is 1. The number of rotatable bonds is 5. The number of aromatic nitrogens is 6. The van der Waals surface area contributed by atoms with Crippen molar-refractivity contribution in [1.29, 1.82) is 0 Å². The van der Waals surface area contributed by atoms with Gasteiger partial charge in [-0.2, -0.15) is 4.68 Å². The van der Waals surface area contributed by atoms with E-state index >= 15 is 0 Å². The first kappa shape index (κ1) is 20.3. The van der Waals surface area contributed by atoms with E-state index in [4.69, 9.17) is 4.74 Å². The SMILES string of the molecule is CCOC(=O)c1sc2ncnc(N3CCN(c4nnnn4-c4ccccc4)CC3)c2c1C. The highest BCUT2D eigenvalue weighted by molar-refractivity contribution is 7.20. The van der Waals surface area contributed by atoms with Gasteiger partial charge in [-0.15, -0.1) is 11.3 Å². The number of hydrogen-bond donors (Lipinski definition) is 0. The molecule has 0 amide bonds. The molecule has 1 aromatic carbocycles. The van der Waals surface area contributed by atoms with E-state index < -0.39 is 0 Å². The van der Waals surface area contributed by atoms with E-state index in [2.05, 4.69) is 35.3 Å². The zero-order valence-electron chi connectivity index (χ0n) is 17.8. The van der Waals surface area contributed by atoms with Crippen LogP contribution in [0.25, 0.3) is 15.9 Å². The van der Waals surface area contributed by atoms with E-state index in [0.717, 1.165) is 59.4 Å². The largest absolute Gasteiger partial charge is 0.462 e. The number of carbonyl (C=O) groups is 1. The van der Waals surface area contributed by atoms with Crippen molar-refractivity contribution >= 4 is 39.3 Å². The molecule has 3 aromatic heterocycles. The molecule has 1 fully saturated rings. The van der Waals surface area contributed by atoms with Gasteiger partial charge in [0.05, 0.1) is 17.7 Å². The van der Waals surface area contributed by atoms with E-state index in [9.17, 15) is 4.79 Å². The summed E-state index contributed by atoms with van der Waals surface area (Å²) in [6, 6.07) is 9.86. The number of para-hydroxylation sites is 1. The fourth-order valence-electron chi connectivity index (χ4n) is 3.92. The third-order valence-corrected chi connectivity index (χ3v) is 6.66. The maximum atomic E-state index is 12.3. The highest BCUT2D eigenvalue weighted by Gasteiger charge is 2.27. The number of nitrogens with zero attached hydrogens (tertiary/aromatic N) is 8. The van der Waals surface area contributed by atoms with Crippen molar-refractivity contribution in [3.8, 4) is 5.69 Å². The van der Waals surface area contributed by atoms with Crippen molar-refractivity contribution in [3.63, 3.8) is 0 Å². The molecular formula is C21H22N8O2S. The quantitative estimate of drug-likeness (QED) is 0.424. The number of piperazine rings is 1. The van der Waals surface area contributed by atoms with Gasteiger partial charge in [0.15, 0.2) is 0 Å². The number of carbonyl (C=O) groups excluding carboxylic acids is 1. The van der Waals surface area contributed by atoms with E-state index in [1.165, 1.54) is 11.3 Å². The third-order valence-electron chi connectivity index (χ3n) is 5.48. The number of esters is 1. The molecule has 0 radical (unpaired) electrons. The predicted molar refractivity (Wildman–Crippen MR) is 122 cm³/mol. The number of hydrogen-bond acceptors (Lipinski definition) is 10. The summed E-state index contributed by atoms with van der Waals surface area (Å²) in [6.45, 7) is 7.06. The third kappa shape index (κ3) is 3.54. The first-order chi connectivity index (χ1) is 15.7. The van der Waals surface area contributed by atoms with E-state index in [-0.39, 0.29) is 5.97 Å². The summed E-state index contributed by atoms with van der Waals surface area (Å²) >= 11 is 1.36. The van der Waals surface area contributed by atoms with Crippen molar-refractivity contribution in [1.82, 2.24) is 30.2 Å². The maximum Gasteiger partial charge on any atom is 0.348 e. The molecule has 164 valence electrons. The van der Waals surface area contributed by atoms with Crippen LogP contribution >= 0.6 is 11.3 Å². The Hall–Kier alpha value is -3.60. The van der Waals surface area contributed by atoms with Crippen LogP contribution in [0.3, 0.4) is 0 Å². The average Bonchev–Trinajstić information content (AvgIpc) is 3.45. The van der Waals surface area contributed by atoms with Crippen LogP contribution in [0, 0.1) is 6.92 Å². The topological polar surface area (TPSA) is 102 Å². The molecule has 0 N–H and O–H groups in total. The lowest BCUT2D eigenvalue weighted by molar-refractivity contribution is 0.0531. The molecule has 0 atom stereocenters. The fourth-order valence-corrected chi connectivity index (χ4v) is 4.96. The molecule has 0 aliphatic carbocycles. The standard InChI is InChI=1S/C21H22N8O2S/c1-3-31-20(30)17-14(2)16-18(22-13-23-19(16)32-17)27-9-11-28(12-10-27)21-24-25-26-29(21)15-7-5-4-6-8-15/h4-8,13H,3,9-12H2,1-2H3. The zero-order valence-corrected chi connectivity index (χ0v) is 18.6. The van der Waals surface area contributed by atoms with Gasteiger partial charge in [-0.05, 0) is 42.0 Å². The van der Waals surface area contributed by atoms with Gasteiger partial charge in [0.2, 0.25) is 5.95 Å². The average molecular weight is 451 g/mol. The van der Waals surface area contributed by atoms with E-state index in [1.807, 2.05) is 37.3 Å². The molecule has 5 rings (SSSR count). The van der Waals surface area contributed by atoms with Crippen molar-refractivity contribution in [2.75, 3.05) is 42.6 Å².